The minimum absolute atomic E-state index is 0.0224. The number of hydrogen-bond donors (Lipinski definition) is 1. The largest absolute Gasteiger partial charge is 0.465 e. The van der Waals surface area contributed by atoms with Gasteiger partial charge < -0.3 is 15.2 Å². The molecule has 0 aliphatic carbocycles. The predicted molar refractivity (Wildman–Crippen MR) is 74.6 cm³/mol. The number of thiazole rings is 1. The van der Waals surface area contributed by atoms with Crippen molar-refractivity contribution in [2.45, 2.75) is 0 Å². The highest BCUT2D eigenvalue weighted by Gasteiger charge is 2.23. The first-order valence-electron chi connectivity index (χ1n) is 5.57. The van der Waals surface area contributed by atoms with Gasteiger partial charge >= 0.3 is 11.9 Å². The zero-order valence-corrected chi connectivity index (χ0v) is 11.7. The SMILES string of the molecule is COC(=O)c1ccc(-c2cscn2)c(C(=O)OC)c1N. The molecule has 1 heterocycles. The third-order valence-electron chi connectivity index (χ3n) is 2.75. The van der Waals surface area contributed by atoms with E-state index in [1.165, 1.54) is 31.6 Å². The number of aromatic nitrogens is 1. The van der Waals surface area contributed by atoms with E-state index < -0.39 is 11.9 Å². The van der Waals surface area contributed by atoms with Crippen LogP contribution in [0.5, 0.6) is 0 Å². The van der Waals surface area contributed by atoms with Crippen LogP contribution >= 0.6 is 11.3 Å². The van der Waals surface area contributed by atoms with Gasteiger partial charge in [-0.1, -0.05) is 6.07 Å². The molecule has 0 fully saturated rings. The van der Waals surface area contributed by atoms with E-state index in [4.69, 9.17) is 10.5 Å². The van der Waals surface area contributed by atoms with E-state index in [1.807, 2.05) is 0 Å². The van der Waals surface area contributed by atoms with E-state index in [2.05, 4.69) is 9.72 Å². The molecule has 0 atom stereocenters. The summed E-state index contributed by atoms with van der Waals surface area (Å²) >= 11 is 1.39. The summed E-state index contributed by atoms with van der Waals surface area (Å²) in [6, 6.07) is 3.10. The van der Waals surface area contributed by atoms with Gasteiger partial charge in [0.05, 0.1) is 42.2 Å². The lowest BCUT2D eigenvalue weighted by atomic mass is 9.99. The number of methoxy groups -OCH3 is 2. The summed E-state index contributed by atoms with van der Waals surface area (Å²) in [7, 11) is 2.49. The van der Waals surface area contributed by atoms with Crippen LogP contribution in [0.1, 0.15) is 20.7 Å². The van der Waals surface area contributed by atoms with Crippen LogP contribution in [-0.2, 0) is 9.47 Å². The number of nitrogens with zero attached hydrogens (tertiary/aromatic N) is 1. The summed E-state index contributed by atoms with van der Waals surface area (Å²) in [5.41, 5.74) is 8.92. The monoisotopic (exact) mass is 292 g/mol. The zero-order chi connectivity index (χ0) is 14.7. The molecular weight excluding hydrogens is 280 g/mol. The smallest absolute Gasteiger partial charge is 0.340 e. The molecule has 1 aromatic heterocycles. The van der Waals surface area contributed by atoms with Crippen molar-refractivity contribution in [1.82, 2.24) is 4.98 Å². The number of carbonyl (C=O) groups is 2. The Labute approximate surface area is 119 Å². The second-order valence-electron chi connectivity index (χ2n) is 3.81. The van der Waals surface area contributed by atoms with Crippen LogP contribution in [0.15, 0.2) is 23.0 Å². The number of hydrogen-bond acceptors (Lipinski definition) is 7. The molecule has 2 aromatic rings. The molecular formula is C13H12N2O4S. The Balaban J connectivity index is 2.68. The average Bonchev–Trinajstić information content (AvgIpc) is 2.99. The molecule has 0 radical (unpaired) electrons. The second-order valence-corrected chi connectivity index (χ2v) is 4.52. The molecule has 0 aliphatic heterocycles. The number of anilines is 1. The fourth-order valence-electron chi connectivity index (χ4n) is 1.79. The highest BCUT2D eigenvalue weighted by atomic mass is 32.1. The maximum Gasteiger partial charge on any atom is 0.340 e. The van der Waals surface area contributed by atoms with Crippen molar-refractivity contribution in [3.8, 4) is 11.3 Å². The van der Waals surface area contributed by atoms with Crippen LogP contribution in [0.4, 0.5) is 5.69 Å². The number of benzene rings is 1. The number of carbonyl (C=O) groups excluding carboxylic acids is 2. The zero-order valence-electron chi connectivity index (χ0n) is 10.9. The number of rotatable bonds is 3. The van der Waals surface area contributed by atoms with Gasteiger partial charge in [-0.2, -0.15) is 0 Å². The van der Waals surface area contributed by atoms with Gasteiger partial charge in [-0.05, 0) is 6.07 Å². The van der Waals surface area contributed by atoms with Crippen molar-refractivity contribution in [2.24, 2.45) is 0 Å². The molecule has 7 heteroatoms. The molecule has 0 amide bonds. The van der Waals surface area contributed by atoms with E-state index in [1.54, 1.807) is 17.0 Å². The van der Waals surface area contributed by atoms with E-state index >= 15 is 0 Å². The van der Waals surface area contributed by atoms with Gasteiger partial charge in [-0.3, -0.25) is 0 Å². The van der Waals surface area contributed by atoms with Crippen molar-refractivity contribution >= 4 is 29.0 Å². The summed E-state index contributed by atoms with van der Waals surface area (Å²) in [4.78, 5) is 27.7. The summed E-state index contributed by atoms with van der Waals surface area (Å²) in [6.45, 7) is 0. The van der Waals surface area contributed by atoms with Gasteiger partial charge in [0.25, 0.3) is 0 Å². The molecule has 20 heavy (non-hydrogen) atoms. The molecule has 2 rings (SSSR count). The van der Waals surface area contributed by atoms with E-state index in [-0.39, 0.29) is 16.8 Å². The Bertz CT molecular complexity index is 653. The van der Waals surface area contributed by atoms with Crippen LogP contribution < -0.4 is 5.73 Å². The van der Waals surface area contributed by atoms with Crippen molar-refractivity contribution in [3.05, 3.63) is 34.2 Å². The Hall–Kier alpha value is -2.41. The first-order chi connectivity index (χ1) is 9.60. The van der Waals surface area contributed by atoms with Crippen LogP contribution in [-0.4, -0.2) is 31.1 Å². The molecule has 6 nitrogen and oxygen atoms in total. The standard InChI is InChI=1S/C13H12N2O4S/c1-18-12(16)8-4-3-7(9-5-20-6-15-9)10(11(8)14)13(17)19-2/h3-6H,14H2,1-2H3. The lowest BCUT2D eigenvalue weighted by Gasteiger charge is -2.12. The van der Waals surface area contributed by atoms with Crippen LogP contribution in [0.3, 0.4) is 0 Å². The lowest BCUT2D eigenvalue weighted by Crippen LogP contribution is -2.13. The fraction of sp³-hybridized carbons (Fsp3) is 0.154. The van der Waals surface area contributed by atoms with Gasteiger partial charge in [0.2, 0.25) is 0 Å². The van der Waals surface area contributed by atoms with Gasteiger partial charge in [-0.15, -0.1) is 11.3 Å². The Kier molecular flexibility index (Phi) is 3.99. The molecule has 0 saturated carbocycles. The average molecular weight is 292 g/mol. The van der Waals surface area contributed by atoms with Gasteiger partial charge in [-0.25, -0.2) is 14.6 Å². The van der Waals surface area contributed by atoms with Gasteiger partial charge in [0, 0.05) is 10.9 Å². The predicted octanol–water partition coefficient (Wildman–Crippen LogP) is 1.97. The van der Waals surface area contributed by atoms with Crippen LogP contribution in [0, 0.1) is 0 Å². The van der Waals surface area contributed by atoms with E-state index in [0.29, 0.717) is 11.3 Å². The molecule has 0 aliphatic rings. The first kappa shape index (κ1) is 14.0. The summed E-state index contributed by atoms with van der Waals surface area (Å²) < 4.78 is 9.36. The fourth-order valence-corrected chi connectivity index (χ4v) is 2.34. The summed E-state index contributed by atoms with van der Waals surface area (Å²) in [6.07, 6.45) is 0. The topological polar surface area (TPSA) is 91.5 Å². The molecule has 104 valence electrons. The third-order valence-corrected chi connectivity index (χ3v) is 3.34. The minimum atomic E-state index is -0.628. The molecule has 2 N–H and O–H groups in total. The van der Waals surface area contributed by atoms with Crippen LogP contribution in [0.2, 0.25) is 0 Å². The highest BCUT2D eigenvalue weighted by molar-refractivity contribution is 7.07. The minimum Gasteiger partial charge on any atom is -0.465 e. The normalized spacial score (nSPS) is 10.1. The van der Waals surface area contributed by atoms with Crippen LogP contribution in [0.25, 0.3) is 11.3 Å². The molecule has 0 spiro atoms. The molecule has 0 unspecified atom stereocenters. The van der Waals surface area contributed by atoms with Gasteiger partial charge in [0.15, 0.2) is 0 Å². The number of ether oxygens (including phenoxy) is 2. The molecule has 0 bridgehead atoms. The number of nitrogen functional groups attached to an aromatic ring is 1. The maximum absolute atomic E-state index is 11.9. The van der Waals surface area contributed by atoms with E-state index in [0.717, 1.165) is 0 Å². The second kappa shape index (κ2) is 5.70. The quantitative estimate of drug-likeness (QED) is 0.687. The number of esters is 2. The Morgan fingerprint density at radius 1 is 1.20 bits per heavy atom. The van der Waals surface area contributed by atoms with Crippen molar-refractivity contribution < 1.29 is 19.1 Å². The first-order valence-corrected chi connectivity index (χ1v) is 6.52. The molecule has 0 saturated heterocycles. The Morgan fingerprint density at radius 3 is 2.45 bits per heavy atom. The number of nitrogens with two attached hydrogens (primary N) is 1. The summed E-state index contributed by atoms with van der Waals surface area (Å²) in [5.74, 6) is -1.24. The third kappa shape index (κ3) is 2.35. The lowest BCUT2D eigenvalue weighted by molar-refractivity contribution is 0.0602. The molecule has 1 aromatic carbocycles. The summed E-state index contributed by atoms with van der Waals surface area (Å²) in [5, 5.41) is 1.78. The van der Waals surface area contributed by atoms with Crippen molar-refractivity contribution in [1.29, 1.82) is 0 Å². The maximum atomic E-state index is 11.9. The van der Waals surface area contributed by atoms with E-state index in [9.17, 15) is 9.59 Å². The highest BCUT2D eigenvalue weighted by Crippen LogP contribution is 2.31. The van der Waals surface area contributed by atoms with Crippen molar-refractivity contribution in [2.75, 3.05) is 20.0 Å². The van der Waals surface area contributed by atoms with Gasteiger partial charge in [0.1, 0.15) is 0 Å². The van der Waals surface area contributed by atoms with Crippen molar-refractivity contribution in [3.63, 3.8) is 0 Å². The Morgan fingerprint density at radius 2 is 1.90 bits per heavy atom.